The van der Waals surface area contributed by atoms with Crippen LogP contribution in [0.1, 0.15) is 36.3 Å². The van der Waals surface area contributed by atoms with Crippen molar-refractivity contribution < 1.29 is 19.4 Å². The van der Waals surface area contributed by atoms with Gasteiger partial charge in [0.1, 0.15) is 11.5 Å². The molecule has 0 saturated carbocycles. The van der Waals surface area contributed by atoms with Gasteiger partial charge in [0.05, 0.1) is 19.6 Å². The second-order valence-electron chi connectivity index (χ2n) is 7.63. The van der Waals surface area contributed by atoms with Crippen molar-refractivity contribution in [2.24, 2.45) is 0 Å². The summed E-state index contributed by atoms with van der Waals surface area (Å²) in [5.74, 6) is 1.10. The van der Waals surface area contributed by atoms with Gasteiger partial charge in [0, 0.05) is 6.42 Å². The van der Waals surface area contributed by atoms with E-state index in [-0.39, 0.29) is 12.3 Å². The first-order valence-corrected chi connectivity index (χ1v) is 10.4. The van der Waals surface area contributed by atoms with Gasteiger partial charge in [0.2, 0.25) is 0 Å². The molecule has 0 bridgehead atoms. The summed E-state index contributed by atoms with van der Waals surface area (Å²) in [7, 11) is 0. The Balaban J connectivity index is 1.21. The van der Waals surface area contributed by atoms with Crippen LogP contribution in [-0.4, -0.2) is 24.3 Å². The van der Waals surface area contributed by atoms with E-state index in [1.807, 2.05) is 42.5 Å². The fourth-order valence-corrected chi connectivity index (χ4v) is 4.01. The number of ether oxygens (including phenoxy) is 2. The molecule has 0 heterocycles. The van der Waals surface area contributed by atoms with E-state index < -0.39 is 5.97 Å². The molecular formula is C26H26O4. The summed E-state index contributed by atoms with van der Waals surface area (Å²) in [6, 6.07) is 24.4. The maximum absolute atomic E-state index is 11.0. The SMILES string of the molecule is O=C(O)C[C@@H]1CCc2cc(OCCCOc3ccc(-c4ccccc4)cc3)ccc21. The van der Waals surface area contributed by atoms with Crippen LogP contribution in [0.2, 0.25) is 0 Å². The monoisotopic (exact) mass is 402 g/mol. The molecule has 0 aromatic heterocycles. The minimum Gasteiger partial charge on any atom is -0.493 e. The van der Waals surface area contributed by atoms with E-state index in [0.29, 0.717) is 13.2 Å². The van der Waals surface area contributed by atoms with Gasteiger partial charge >= 0.3 is 5.97 Å². The van der Waals surface area contributed by atoms with Crippen LogP contribution in [0, 0.1) is 0 Å². The highest BCUT2D eigenvalue weighted by molar-refractivity contribution is 5.68. The van der Waals surface area contributed by atoms with Crippen LogP contribution in [0.5, 0.6) is 11.5 Å². The molecule has 0 unspecified atom stereocenters. The zero-order valence-corrected chi connectivity index (χ0v) is 16.9. The standard InChI is InChI=1S/C26H26O4/c27-26(28)18-22-8-7-21-17-24(13-14-25(21)22)30-16-4-15-29-23-11-9-20(10-12-23)19-5-2-1-3-6-19/h1-3,5-6,9-14,17,22H,4,7-8,15-16,18H2,(H,27,28)/t22-/m0/s1. The molecule has 1 aliphatic rings. The number of hydrogen-bond acceptors (Lipinski definition) is 3. The van der Waals surface area contributed by atoms with Gasteiger partial charge in [-0.3, -0.25) is 4.79 Å². The number of benzene rings is 3. The van der Waals surface area contributed by atoms with E-state index >= 15 is 0 Å². The summed E-state index contributed by atoms with van der Waals surface area (Å²) in [5, 5.41) is 9.03. The van der Waals surface area contributed by atoms with E-state index in [1.54, 1.807) is 0 Å². The molecule has 1 N–H and O–H groups in total. The van der Waals surface area contributed by atoms with Gasteiger partial charge in [0.25, 0.3) is 0 Å². The predicted octanol–water partition coefficient (Wildman–Crippen LogP) is 5.71. The molecule has 1 atom stereocenters. The van der Waals surface area contributed by atoms with Crippen LogP contribution < -0.4 is 9.47 Å². The number of carbonyl (C=O) groups is 1. The summed E-state index contributed by atoms with van der Waals surface area (Å²) < 4.78 is 11.7. The number of rotatable bonds is 9. The van der Waals surface area contributed by atoms with Crippen molar-refractivity contribution >= 4 is 5.97 Å². The summed E-state index contributed by atoms with van der Waals surface area (Å²) in [5.41, 5.74) is 4.75. The largest absolute Gasteiger partial charge is 0.493 e. The number of carboxylic acids is 1. The molecule has 0 radical (unpaired) electrons. The molecule has 4 heteroatoms. The fraction of sp³-hybridized carbons (Fsp3) is 0.269. The maximum Gasteiger partial charge on any atom is 0.303 e. The quantitative estimate of drug-likeness (QED) is 0.466. The minimum atomic E-state index is -0.733. The number of aliphatic carboxylic acids is 1. The fourth-order valence-electron chi connectivity index (χ4n) is 4.01. The Morgan fingerprint density at radius 1 is 0.867 bits per heavy atom. The minimum absolute atomic E-state index is 0.133. The van der Waals surface area contributed by atoms with Crippen LogP contribution in [0.25, 0.3) is 11.1 Å². The zero-order valence-electron chi connectivity index (χ0n) is 16.9. The Kier molecular flexibility index (Phi) is 6.33. The highest BCUT2D eigenvalue weighted by Crippen LogP contribution is 2.37. The lowest BCUT2D eigenvalue weighted by molar-refractivity contribution is -0.137. The lowest BCUT2D eigenvalue weighted by atomic mass is 9.98. The molecule has 3 aromatic rings. The number of aryl methyl sites for hydroxylation is 1. The third-order valence-electron chi connectivity index (χ3n) is 5.52. The molecule has 4 nitrogen and oxygen atoms in total. The van der Waals surface area contributed by atoms with Gasteiger partial charge < -0.3 is 14.6 Å². The van der Waals surface area contributed by atoms with Crippen molar-refractivity contribution in [3.63, 3.8) is 0 Å². The van der Waals surface area contributed by atoms with Gasteiger partial charge in [-0.15, -0.1) is 0 Å². The molecule has 0 fully saturated rings. The molecule has 30 heavy (non-hydrogen) atoms. The van der Waals surface area contributed by atoms with Gasteiger partial charge in [-0.2, -0.15) is 0 Å². The molecular weight excluding hydrogens is 376 g/mol. The van der Waals surface area contributed by atoms with E-state index in [2.05, 4.69) is 30.3 Å². The van der Waals surface area contributed by atoms with Crippen molar-refractivity contribution in [2.75, 3.05) is 13.2 Å². The van der Waals surface area contributed by atoms with Crippen molar-refractivity contribution in [1.29, 1.82) is 0 Å². The summed E-state index contributed by atoms with van der Waals surface area (Å²) in [4.78, 5) is 11.0. The molecule has 0 amide bonds. The van der Waals surface area contributed by atoms with E-state index in [0.717, 1.165) is 36.3 Å². The molecule has 4 rings (SSSR count). The Hall–Kier alpha value is -3.27. The first-order chi connectivity index (χ1) is 14.7. The molecule has 1 aliphatic carbocycles. The number of hydrogen-bond donors (Lipinski definition) is 1. The summed E-state index contributed by atoms with van der Waals surface area (Å²) in [6.07, 6.45) is 2.82. The van der Waals surface area contributed by atoms with Crippen LogP contribution in [-0.2, 0) is 11.2 Å². The number of fused-ring (bicyclic) bond motifs is 1. The third kappa shape index (κ3) is 5.01. The molecule has 0 aliphatic heterocycles. The van der Waals surface area contributed by atoms with E-state index in [4.69, 9.17) is 14.6 Å². The maximum atomic E-state index is 11.0. The van der Waals surface area contributed by atoms with Gasteiger partial charge in [-0.05, 0) is 65.3 Å². The van der Waals surface area contributed by atoms with E-state index in [1.165, 1.54) is 16.7 Å². The van der Waals surface area contributed by atoms with Crippen LogP contribution in [0.4, 0.5) is 0 Å². The predicted molar refractivity (Wildman–Crippen MR) is 117 cm³/mol. The average molecular weight is 402 g/mol. The third-order valence-corrected chi connectivity index (χ3v) is 5.52. The lowest BCUT2D eigenvalue weighted by Crippen LogP contribution is -2.05. The first-order valence-electron chi connectivity index (χ1n) is 10.4. The topological polar surface area (TPSA) is 55.8 Å². The van der Waals surface area contributed by atoms with Crippen LogP contribution >= 0.6 is 0 Å². The second kappa shape index (κ2) is 9.49. The molecule has 3 aromatic carbocycles. The van der Waals surface area contributed by atoms with Crippen molar-refractivity contribution in [3.05, 3.63) is 83.9 Å². The molecule has 0 spiro atoms. The van der Waals surface area contributed by atoms with Crippen molar-refractivity contribution in [3.8, 4) is 22.6 Å². The normalized spacial score (nSPS) is 14.9. The van der Waals surface area contributed by atoms with Crippen molar-refractivity contribution in [2.45, 2.75) is 31.6 Å². The molecule has 0 saturated heterocycles. The highest BCUT2D eigenvalue weighted by Gasteiger charge is 2.24. The highest BCUT2D eigenvalue weighted by atomic mass is 16.5. The Labute approximate surface area is 177 Å². The second-order valence-corrected chi connectivity index (χ2v) is 7.63. The Morgan fingerprint density at radius 2 is 1.53 bits per heavy atom. The zero-order chi connectivity index (χ0) is 20.8. The van der Waals surface area contributed by atoms with Crippen molar-refractivity contribution in [1.82, 2.24) is 0 Å². The Bertz CT molecular complexity index is 980. The average Bonchev–Trinajstić information content (AvgIpc) is 3.16. The number of carboxylic acid groups (broad SMARTS) is 1. The van der Waals surface area contributed by atoms with Gasteiger partial charge in [-0.25, -0.2) is 0 Å². The summed E-state index contributed by atoms with van der Waals surface area (Å²) in [6.45, 7) is 1.18. The van der Waals surface area contributed by atoms with Crippen LogP contribution in [0.3, 0.4) is 0 Å². The van der Waals surface area contributed by atoms with Gasteiger partial charge in [0.15, 0.2) is 0 Å². The lowest BCUT2D eigenvalue weighted by Gasteiger charge is -2.11. The van der Waals surface area contributed by atoms with Crippen LogP contribution in [0.15, 0.2) is 72.8 Å². The summed E-state index contributed by atoms with van der Waals surface area (Å²) >= 11 is 0. The molecule has 154 valence electrons. The van der Waals surface area contributed by atoms with Gasteiger partial charge in [-0.1, -0.05) is 48.5 Å². The Morgan fingerprint density at radius 3 is 2.27 bits per heavy atom. The smallest absolute Gasteiger partial charge is 0.303 e. The first kappa shape index (κ1) is 20.0. The van der Waals surface area contributed by atoms with E-state index in [9.17, 15) is 4.79 Å².